The van der Waals surface area contributed by atoms with E-state index >= 15 is 0 Å². The van der Waals surface area contributed by atoms with Gasteiger partial charge in [0.2, 0.25) is 5.95 Å². The number of hydrogen-bond donors (Lipinski definition) is 2. The number of rotatable bonds is 8. The van der Waals surface area contributed by atoms with Crippen LogP contribution in [0, 0.1) is 23.3 Å². The number of halogens is 4. The van der Waals surface area contributed by atoms with Crippen LogP contribution in [0.3, 0.4) is 0 Å². The number of carbonyl (C=O) groups is 1. The quantitative estimate of drug-likeness (QED) is 0.379. The van der Waals surface area contributed by atoms with Crippen molar-refractivity contribution in [2.45, 2.75) is 19.5 Å². The zero-order chi connectivity index (χ0) is 24.0. The molecular formula is C22H21F4N5O2. The van der Waals surface area contributed by atoms with Crippen LogP contribution in [0.15, 0.2) is 48.7 Å². The van der Waals surface area contributed by atoms with Gasteiger partial charge in [0.1, 0.15) is 17.5 Å². The summed E-state index contributed by atoms with van der Waals surface area (Å²) >= 11 is 0. The number of nitrogens with one attached hydrogen (secondary N) is 2. The predicted octanol–water partition coefficient (Wildman–Crippen LogP) is 4.53. The minimum Gasteiger partial charge on any atom is -0.383 e. The second kappa shape index (κ2) is 10.7. The fraction of sp³-hybridized carbons (Fsp3) is 0.227. The highest BCUT2D eigenvalue weighted by Crippen LogP contribution is 2.25. The first kappa shape index (κ1) is 23.9. The van der Waals surface area contributed by atoms with Crippen LogP contribution in [-0.4, -0.2) is 35.8 Å². The molecule has 1 atom stereocenters. The highest BCUT2D eigenvalue weighted by atomic mass is 19.2. The average molecular weight is 463 g/mol. The molecule has 0 bridgehead atoms. The van der Waals surface area contributed by atoms with Gasteiger partial charge in [-0.2, -0.15) is 4.98 Å². The number of aromatic nitrogens is 2. The molecule has 33 heavy (non-hydrogen) atoms. The standard InChI is InChI=1S/C22H21F4N5O2/c1-13(12-33-2)29-21-27-8-7-20(30-21)31(16-5-3-15(23)4-6-16)22(32)28-11-14-9-18(25)19(26)10-17(14)24/h3-10,13H,11-12H2,1-2H3,(H,28,32)(H,27,29,30). The van der Waals surface area contributed by atoms with Crippen molar-refractivity contribution >= 4 is 23.5 Å². The second-order valence-electron chi connectivity index (χ2n) is 7.07. The van der Waals surface area contributed by atoms with Gasteiger partial charge in [-0.1, -0.05) is 0 Å². The molecule has 174 valence electrons. The number of amides is 2. The zero-order valence-electron chi connectivity index (χ0n) is 17.8. The Morgan fingerprint density at radius 2 is 1.76 bits per heavy atom. The molecule has 2 aromatic carbocycles. The molecule has 2 N–H and O–H groups in total. The van der Waals surface area contributed by atoms with Crippen molar-refractivity contribution in [1.82, 2.24) is 15.3 Å². The minimum absolute atomic E-state index is 0.130. The summed E-state index contributed by atoms with van der Waals surface area (Å²) in [6, 6.07) is 6.65. The molecule has 1 heterocycles. The summed E-state index contributed by atoms with van der Waals surface area (Å²) in [5.41, 5.74) is 0.00832. The fourth-order valence-electron chi connectivity index (χ4n) is 2.95. The van der Waals surface area contributed by atoms with Crippen LogP contribution in [0.1, 0.15) is 12.5 Å². The highest BCUT2D eigenvalue weighted by Gasteiger charge is 2.21. The lowest BCUT2D eigenvalue weighted by molar-refractivity contribution is 0.190. The maximum atomic E-state index is 14.0. The Morgan fingerprint density at radius 1 is 1.06 bits per heavy atom. The van der Waals surface area contributed by atoms with Crippen LogP contribution < -0.4 is 15.5 Å². The molecule has 0 saturated heterocycles. The Hall–Kier alpha value is -3.73. The monoisotopic (exact) mass is 463 g/mol. The van der Waals surface area contributed by atoms with Crippen molar-refractivity contribution in [2.75, 3.05) is 23.9 Å². The molecule has 3 aromatic rings. The van der Waals surface area contributed by atoms with Gasteiger partial charge in [-0.25, -0.2) is 32.2 Å². The number of urea groups is 1. The summed E-state index contributed by atoms with van der Waals surface area (Å²) in [4.78, 5) is 22.6. The van der Waals surface area contributed by atoms with E-state index in [1.54, 1.807) is 7.11 Å². The highest BCUT2D eigenvalue weighted by molar-refractivity contribution is 5.98. The number of ether oxygens (including phenoxy) is 1. The summed E-state index contributed by atoms with van der Waals surface area (Å²) in [5.74, 6) is -3.76. The van der Waals surface area contributed by atoms with E-state index in [9.17, 15) is 22.4 Å². The van der Waals surface area contributed by atoms with Crippen LogP contribution in [0.4, 0.5) is 39.8 Å². The van der Waals surface area contributed by atoms with Crippen molar-refractivity contribution in [2.24, 2.45) is 0 Å². The third kappa shape index (κ3) is 6.16. The van der Waals surface area contributed by atoms with Gasteiger partial charge in [0.15, 0.2) is 11.6 Å². The van der Waals surface area contributed by atoms with Gasteiger partial charge in [0, 0.05) is 43.6 Å². The molecule has 1 unspecified atom stereocenters. The molecule has 11 heteroatoms. The number of carbonyl (C=O) groups excluding carboxylic acids is 1. The van der Waals surface area contributed by atoms with E-state index in [0.29, 0.717) is 18.7 Å². The van der Waals surface area contributed by atoms with Gasteiger partial charge in [-0.05, 0) is 37.3 Å². The summed E-state index contributed by atoms with van der Waals surface area (Å²) in [5, 5.41) is 5.46. The molecule has 1 aromatic heterocycles. The second-order valence-corrected chi connectivity index (χ2v) is 7.07. The lowest BCUT2D eigenvalue weighted by atomic mass is 10.2. The van der Waals surface area contributed by atoms with Crippen LogP contribution in [0.5, 0.6) is 0 Å². The first-order chi connectivity index (χ1) is 15.8. The van der Waals surface area contributed by atoms with Crippen LogP contribution >= 0.6 is 0 Å². The zero-order valence-corrected chi connectivity index (χ0v) is 17.8. The van der Waals surface area contributed by atoms with Crippen LogP contribution in [0.2, 0.25) is 0 Å². The first-order valence-electron chi connectivity index (χ1n) is 9.84. The molecule has 2 amide bonds. The molecule has 7 nitrogen and oxygen atoms in total. The van der Waals surface area contributed by atoms with E-state index in [1.165, 1.54) is 24.4 Å². The van der Waals surface area contributed by atoms with Gasteiger partial charge >= 0.3 is 6.03 Å². The SMILES string of the molecule is COCC(C)Nc1nccc(N(C(=O)NCc2cc(F)c(F)cc2F)c2ccc(F)cc2)n1. The van der Waals surface area contributed by atoms with Crippen molar-refractivity contribution in [1.29, 1.82) is 0 Å². The van der Waals surface area contributed by atoms with Crippen molar-refractivity contribution in [3.8, 4) is 0 Å². The molecule has 0 saturated carbocycles. The predicted molar refractivity (Wildman–Crippen MR) is 114 cm³/mol. The maximum absolute atomic E-state index is 14.0. The summed E-state index contributed by atoms with van der Waals surface area (Å²) < 4.78 is 59.1. The number of benzene rings is 2. The normalized spacial score (nSPS) is 11.7. The number of anilines is 3. The topological polar surface area (TPSA) is 79.4 Å². The lowest BCUT2D eigenvalue weighted by Gasteiger charge is -2.23. The molecule has 0 fully saturated rings. The minimum atomic E-state index is -1.33. The smallest absolute Gasteiger partial charge is 0.327 e. The summed E-state index contributed by atoms with van der Waals surface area (Å²) in [6.07, 6.45) is 1.42. The molecule has 3 rings (SSSR count). The Bertz CT molecular complexity index is 1110. The van der Waals surface area contributed by atoms with Gasteiger partial charge < -0.3 is 15.4 Å². The van der Waals surface area contributed by atoms with E-state index in [0.717, 1.165) is 17.0 Å². The van der Waals surface area contributed by atoms with Gasteiger partial charge in [0.25, 0.3) is 0 Å². The summed E-state index contributed by atoms with van der Waals surface area (Å²) in [7, 11) is 1.55. The van der Waals surface area contributed by atoms with E-state index in [1.807, 2.05) is 6.92 Å². The Balaban J connectivity index is 1.88. The Kier molecular flexibility index (Phi) is 7.78. The number of methoxy groups -OCH3 is 1. The number of hydrogen-bond acceptors (Lipinski definition) is 5. The molecule has 0 aliphatic carbocycles. The number of nitrogens with zero attached hydrogens (tertiary/aromatic N) is 3. The molecule has 0 aliphatic heterocycles. The maximum Gasteiger partial charge on any atom is 0.327 e. The largest absolute Gasteiger partial charge is 0.383 e. The van der Waals surface area contributed by atoms with Crippen molar-refractivity contribution < 1.29 is 27.1 Å². The molecule has 0 aliphatic rings. The van der Waals surface area contributed by atoms with Gasteiger partial charge in [-0.15, -0.1) is 0 Å². The van der Waals surface area contributed by atoms with Crippen molar-refractivity contribution in [3.63, 3.8) is 0 Å². The third-order valence-electron chi connectivity index (χ3n) is 4.47. The Morgan fingerprint density at radius 3 is 2.45 bits per heavy atom. The molecule has 0 radical (unpaired) electrons. The molecular weight excluding hydrogens is 442 g/mol. The van der Waals surface area contributed by atoms with Gasteiger partial charge in [-0.3, -0.25) is 0 Å². The van der Waals surface area contributed by atoms with Crippen LogP contribution in [-0.2, 0) is 11.3 Å². The van der Waals surface area contributed by atoms with E-state index in [2.05, 4.69) is 20.6 Å². The van der Waals surface area contributed by atoms with E-state index < -0.39 is 35.8 Å². The van der Waals surface area contributed by atoms with Gasteiger partial charge in [0.05, 0.1) is 12.3 Å². The Labute approximate surface area is 187 Å². The van der Waals surface area contributed by atoms with E-state index in [-0.39, 0.29) is 29.1 Å². The van der Waals surface area contributed by atoms with Crippen LogP contribution in [0.25, 0.3) is 0 Å². The third-order valence-corrected chi connectivity index (χ3v) is 4.47. The summed E-state index contributed by atoms with van der Waals surface area (Å²) in [6.45, 7) is 1.80. The fourth-order valence-corrected chi connectivity index (χ4v) is 2.95. The average Bonchev–Trinajstić information content (AvgIpc) is 2.77. The lowest BCUT2D eigenvalue weighted by Crippen LogP contribution is -2.37. The first-order valence-corrected chi connectivity index (χ1v) is 9.84. The molecule has 0 spiro atoms. The van der Waals surface area contributed by atoms with Crippen molar-refractivity contribution in [3.05, 3.63) is 77.5 Å². The van der Waals surface area contributed by atoms with E-state index in [4.69, 9.17) is 4.74 Å².